The third kappa shape index (κ3) is 4.20. The molecule has 6 heteroatoms. The summed E-state index contributed by atoms with van der Waals surface area (Å²) in [6.45, 7) is 0.899. The Balaban J connectivity index is 1.57. The van der Waals surface area contributed by atoms with Crippen molar-refractivity contribution in [1.29, 1.82) is 0 Å². The van der Waals surface area contributed by atoms with Gasteiger partial charge in [0.05, 0.1) is 12.1 Å². The van der Waals surface area contributed by atoms with E-state index in [1.165, 1.54) is 0 Å². The van der Waals surface area contributed by atoms with Crippen LogP contribution < -0.4 is 5.73 Å². The third-order valence-corrected chi connectivity index (χ3v) is 4.83. The van der Waals surface area contributed by atoms with Crippen LogP contribution in [0.5, 0.6) is 0 Å². The monoisotopic (exact) mass is 352 g/mol. The van der Waals surface area contributed by atoms with Crippen LogP contribution in [0.1, 0.15) is 29.9 Å². The van der Waals surface area contributed by atoms with E-state index in [4.69, 9.17) is 5.73 Å². The molecule has 0 saturated carbocycles. The van der Waals surface area contributed by atoms with Gasteiger partial charge in [0, 0.05) is 38.7 Å². The highest BCUT2D eigenvalue weighted by atomic mass is 16.2. The van der Waals surface area contributed by atoms with Crippen LogP contribution in [-0.2, 0) is 16.6 Å². The van der Waals surface area contributed by atoms with Gasteiger partial charge in [0.2, 0.25) is 11.8 Å². The fraction of sp³-hybridized carbons (Fsp3) is 0.350. The van der Waals surface area contributed by atoms with E-state index in [0.717, 1.165) is 11.1 Å². The van der Waals surface area contributed by atoms with Crippen LogP contribution in [0.15, 0.2) is 48.8 Å². The van der Waals surface area contributed by atoms with Crippen LogP contribution in [-0.4, -0.2) is 39.6 Å². The van der Waals surface area contributed by atoms with Crippen molar-refractivity contribution in [2.45, 2.75) is 18.8 Å². The summed E-state index contributed by atoms with van der Waals surface area (Å²) in [4.78, 5) is 26.1. The van der Waals surface area contributed by atoms with Gasteiger partial charge >= 0.3 is 0 Å². The number of hydrogen-bond donors (Lipinski definition) is 1. The SMILES string of the molecule is Cn1cc([C@H]2CN(C(=O)CCC=Cc3ccccc3)C[C@@H]2C(N)=O)cn1. The van der Waals surface area contributed by atoms with E-state index >= 15 is 0 Å². The number of likely N-dealkylation sites (tertiary alicyclic amines) is 1. The number of amides is 2. The van der Waals surface area contributed by atoms with E-state index in [-0.39, 0.29) is 23.7 Å². The zero-order valence-electron chi connectivity index (χ0n) is 14.9. The maximum Gasteiger partial charge on any atom is 0.223 e. The summed E-state index contributed by atoms with van der Waals surface area (Å²) in [6, 6.07) is 9.99. The molecule has 1 aliphatic heterocycles. The van der Waals surface area contributed by atoms with Crippen molar-refractivity contribution in [2.24, 2.45) is 18.7 Å². The maximum atomic E-state index is 12.5. The van der Waals surface area contributed by atoms with Crippen molar-refractivity contribution in [3.63, 3.8) is 0 Å². The molecule has 1 aromatic heterocycles. The zero-order valence-corrected chi connectivity index (χ0v) is 14.9. The first kappa shape index (κ1) is 17.9. The second-order valence-corrected chi connectivity index (χ2v) is 6.71. The van der Waals surface area contributed by atoms with E-state index in [1.807, 2.05) is 55.7 Å². The smallest absolute Gasteiger partial charge is 0.223 e. The van der Waals surface area contributed by atoms with Crippen LogP contribution in [0.2, 0.25) is 0 Å². The first-order valence-electron chi connectivity index (χ1n) is 8.82. The Morgan fingerprint density at radius 1 is 1.27 bits per heavy atom. The predicted molar refractivity (Wildman–Crippen MR) is 99.9 cm³/mol. The van der Waals surface area contributed by atoms with Gasteiger partial charge in [0.25, 0.3) is 0 Å². The molecule has 0 unspecified atom stereocenters. The second-order valence-electron chi connectivity index (χ2n) is 6.71. The Bertz CT molecular complexity index is 797. The number of aryl methyl sites for hydroxylation is 1. The quantitative estimate of drug-likeness (QED) is 0.863. The Morgan fingerprint density at radius 3 is 2.69 bits per heavy atom. The van der Waals surface area contributed by atoms with Gasteiger partial charge < -0.3 is 10.6 Å². The summed E-state index contributed by atoms with van der Waals surface area (Å²) in [7, 11) is 1.83. The van der Waals surface area contributed by atoms with Crippen LogP contribution in [0.3, 0.4) is 0 Å². The number of carbonyl (C=O) groups is 2. The Kier molecular flexibility index (Phi) is 5.51. The summed E-state index contributed by atoms with van der Waals surface area (Å²) < 4.78 is 1.70. The predicted octanol–water partition coefficient (Wildman–Crippen LogP) is 1.94. The molecular formula is C20H24N4O2. The van der Waals surface area contributed by atoms with E-state index in [0.29, 0.717) is 25.9 Å². The number of carbonyl (C=O) groups excluding carboxylic acids is 2. The number of rotatable bonds is 6. The summed E-state index contributed by atoms with van der Waals surface area (Å²) in [5.74, 6) is -0.744. The molecule has 0 aliphatic carbocycles. The minimum absolute atomic E-state index is 0.0559. The van der Waals surface area contributed by atoms with Crippen LogP contribution in [0, 0.1) is 5.92 Å². The lowest BCUT2D eigenvalue weighted by molar-refractivity contribution is -0.130. The van der Waals surface area contributed by atoms with E-state index in [1.54, 1.807) is 15.8 Å². The summed E-state index contributed by atoms with van der Waals surface area (Å²) >= 11 is 0. The topological polar surface area (TPSA) is 81.2 Å². The number of primary amides is 1. The molecule has 26 heavy (non-hydrogen) atoms. The van der Waals surface area contributed by atoms with Crippen molar-refractivity contribution in [1.82, 2.24) is 14.7 Å². The summed E-state index contributed by atoms with van der Waals surface area (Å²) in [5.41, 5.74) is 7.64. The van der Waals surface area contributed by atoms with E-state index < -0.39 is 0 Å². The molecule has 0 bridgehead atoms. The van der Waals surface area contributed by atoms with Crippen LogP contribution in [0.4, 0.5) is 0 Å². The lowest BCUT2D eigenvalue weighted by Crippen LogP contribution is -2.31. The van der Waals surface area contributed by atoms with Gasteiger partial charge in [-0.25, -0.2) is 0 Å². The molecule has 2 aromatic rings. The van der Waals surface area contributed by atoms with Gasteiger partial charge in [-0.05, 0) is 17.5 Å². The average molecular weight is 352 g/mol. The molecule has 1 aromatic carbocycles. The lowest BCUT2D eigenvalue weighted by Gasteiger charge is -2.15. The number of allylic oxidation sites excluding steroid dienone is 1. The first-order chi connectivity index (χ1) is 12.5. The molecule has 2 amide bonds. The van der Waals surface area contributed by atoms with E-state index in [2.05, 4.69) is 5.10 Å². The average Bonchev–Trinajstić information content (AvgIpc) is 3.26. The molecule has 3 rings (SSSR count). The molecule has 0 spiro atoms. The van der Waals surface area contributed by atoms with E-state index in [9.17, 15) is 9.59 Å². The molecular weight excluding hydrogens is 328 g/mol. The third-order valence-electron chi connectivity index (χ3n) is 4.83. The second kappa shape index (κ2) is 7.99. The number of aromatic nitrogens is 2. The maximum absolute atomic E-state index is 12.5. The molecule has 6 nitrogen and oxygen atoms in total. The highest BCUT2D eigenvalue weighted by Gasteiger charge is 2.39. The van der Waals surface area contributed by atoms with Gasteiger partial charge in [-0.15, -0.1) is 0 Å². The van der Waals surface area contributed by atoms with Crippen molar-refractivity contribution < 1.29 is 9.59 Å². The number of benzene rings is 1. The largest absolute Gasteiger partial charge is 0.369 e. The van der Waals surface area contributed by atoms with Crippen molar-refractivity contribution in [2.75, 3.05) is 13.1 Å². The minimum Gasteiger partial charge on any atom is -0.369 e. The molecule has 1 fully saturated rings. The standard InChI is InChI=1S/C20H24N4O2/c1-23-12-16(11-22-23)17-13-24(14-18(17)20(21)26)19(25)10-6-5-9-15-7-3-2-4-8-15/h2-5,7-9,11-12,17-18H,6,10,13-14H2,1H3,(H2,21,26)/t17-,18+/m1/s1. The molecule has 2 heterocycles. The van der Waals surface area contributed by atoms with Gasteiger partial charge in [-0.3, -0.25) is 14.3 Å². The van der Waals surface area contributed by atoms with Gasteiger partial charge in [-0.1, -0.05) is 42.5 Å². The Labute approximate surface area is 153 Å². The fourth-order valence-electron chi connectivity index (χ4n) is 3.41. The normalized spacial score (nSPS) is 20.0. The molecule has 2 atom stereocenters. The Morgan fingerprint density at radius 2 is 2.04 bits per heavy atom. The summed E-state index contributed by atoms with van der Waals surface area (Å²) in [5, 5.41) is 4.17. The zero-order chi connectivity index (χ0) is 18.5. The molecule has 1 aliphatic rings. The molecule has 0 radical (unpaired) electrons. The van der Waals surface area contributed by atoms with Crippen molar-refractivity contribution in [3.05, 3.63) is 59.9 Å². The van der Waals surface area contributed by atoms with Gasteiger partial charge in [-0.2, -0.15) is 5.10 Å². The lowest BCUT2D eigenvalue weighted by atomic mass is 9.90. The molecule has 136 valence electrons. The summed E-state index contributed by atoms with van der Waals surface area (Å²) in [6.07, 6.45) is 8.75. The number of nitrogens with two attached hydrogens (primary N) is 1. The number of nitrogens with zero attached hydrogens (tertiary/aromatic N) is 3. The highest BCUT2D eigenvalue weighted by Crippen LogP contribution is 2.32. The molecule has 1 saturated heterocycles. The van der Waals surface area contributed by atoms with Gasteiger partial charge in [0.1, 0.15) is 0 Å². The van der Waals surface area contributed by atoms with Crippen molar-refractivity contribution >= 4 is 17.9 Å². The Hall–Kier alpha value is -2.89. The highest BCUT2D eigenvalue weighted by molar-refractivity contribution is 5.82. The van der Waals surface area contributed by atoms with Crippen LogP contribution >= 0.6 is 0 Å². The first-order valence-corrected chi connectivity index (χ1v) is 8.82. The molecule has 2 N–H and O–H groups in total. The van der Waals surface area contributed by atoms with Crippen molar-refractivity contribution in [3.8, 4) is 0 Å². The number of hydrogen-bond acceptors (Lipinski definition) is 3. The fourth-order valence-corrected chi connectivity index (χ4v) is 3.41. The van der Waals surface area contributed by atoms with Gasteiger partial charge in [0.15, 0.2) is 0 Å². The minimum atomic E-state index is -0.363. The van der Waals surface area contributed by atoms with Crippen LogP contribution in [0.25, 0.3) is 6.08 Å².